The summed E-state index contributed by atoms with van der Waals surface area (Å²) < 4.78 is 9.15. The molecule has 0 aromatic heterocycles. The molecule has 0 aliphatic heterocycles. The van der Waals surface area contributed by atoms with Crippen molar-refractivity contribution < 1.29 is 23.9 Å². The van der Waals surface area contributed by atoms with Gasteiger partial charge >= 0.3 is 11.9 Å². The molecule has 0 saturated heterocycles. The van der Waals surface area contributed by atoms with Crippen molar-refractivity contribution in [2.45, 2.75) is 12.8 Å². The van der Waals surface area contributed by atoms with E-state index in [0.717, 1.165) is 5.56 Å². The SMILES string of the molecule is COC(=O)COC(=O)[C@@H]1C[C@H]1C(=O)Cc1ccccc1. The van der Waals surface area contributed by atoms with Crippen LogP contribution < -0.4 is 0 Å². The van der Waals surface area contributed by atoms with Crippen molar-refractivity contribution >= 4 is 17.7 Å². The van der Waals surface area contributed by atoms with Crippen LogP contribution in [0.1, 0.15) is 12.0 Å². The summed E-state index contributed by atoms with van der Waals surface area (Å²) in [5.74, 6) is -1.75. The monoisotopic (exact) mass is 276 g/mol. The Morgan fingerprint density at radius 2 is 1.85 bits per heavy atom. The third kappa shape index (κ3) is 3.66. The quantitative estimate of drug-likeness (QED) is 0.729. The Morgan fingerprint density at radius 3 is 2.50 bits per heavy atom. The van der Waals surface area contributed by atoms with Crippen molar-refractivity contribution in [3.05, 3.63) is 35.9 Å². The van der Waals surface area contributed by atoms with Crippen LogP contribution in [-0.4, -0.2) is 31.4 Å². The van der Waals surface area contributed by atoms with Crippen LogP contribution in [0, 0.1) is 11.8 Å². The number of esters is 2. The van der Waals surface area contributed by atoms with Crippen LogP contribution >= 0.6 is 0 Å². The van der Waals surface area contributed by atoms with Gasteiger partial charge in [0.25, 0.3) is 0 Å². The Hall–Kier alpha value is -2.17. The van der Waals surface area contributed by atoms with Crippen LogP contribution in [0.5, 0.6) is 0 Å². The molecule has 0 N–H and O–H groups in total. The molecule has 0 spiro atoms. The molecule has 1 aliphatic rings. The molecule has 0 bridgehead atoms. The van der Waals surface area contributed by atoms with E-state index in [9.17, 15) is 14.4 Å². The summed E-state index contributed by atoms with van der Waals surface area (Å²) >= 11 is 0. The zero-order valence-corrected chi connectivity index (χ0v) is 11.2. The minimum absolute atomic E-state index is 0.0382. The largest absolute Gasteiger partial charge is 0.466 e. The molecule has 106 valence electrons. The summed E-state index contributed by atoms with van der Waals surface area (Å²) in [6.45, 7) is -0.397. The Labute approximate surface area is 116 Å². The van der Waals surface area contributed by atoms with E-state index < -0.39 is 24.5 Å². The van der Waals surface area contributed by atoms with Gasteiger partial charge in [0.1, 0.15) is 5.78 Å². The van der Waals surface area contributed by atoms with Crippen LogP contribution in [0.2, 0.25) is 0 Å². The van der Waals surface area contributed by atoms with Crippen molar-refractivity contribution in [2.24, 2.45) is 11.8 Å². The average molecular weight is 276 g/mol. The van der Waals surface area contributed by atoms with Crippen molar-refractivity contribution in [3.63, 3.8) is 0 Å². The first-order valence-corrected chi connectivity index (χ1v) is 6.42. The Bertz CT molecular complexity index is 508. The lowest BCUT2D eigenvalue weighted by molar-refractivity contribution is -0.158. The summed E-state index contributed by atoms with van der Waals surface area (Å²) in [6, 6.07) is 9.39. The Kier molecular flexibility index (Phi) is 4.50. The predicted molar refractivity (Wildman–Crippen MR) is 69.7 cm³/mol. The minimum Gasteiger partial charge on any atom is -0.466 e. The van der Waals surface area contributed by atoms with Gasteiger partial charge in [0.05, 0.1) is 13.0 Å². The van der Waals surface area contributed by atoms with E-state index in [4.69, 9.17) is 4.74 Å². The Balaban J connectivity index is 1.78. The fourth-order valence-electron chi connectivity index (χ4n) is 2.04. The number of hydrogen-bond acceptors (Lipinski definition) is 5. The summed E-state index contributed by atoms with van der Waals surface area (Å²) in [7, 11) is 1.22. The second-order valence-electron chi connectivity index (χ2n) is 4.76. The number of hydrogen-bond donors (Lipinski definition) is 0. The fraction of sp³-hybridized carbons (Fsp3) is 0.400. The summed E-state index contributed by atoms with van der Waals surface area (Å²) in [6.07, 6.45) is 0.831. The van der Waals surface area contributed by atoms with Crippen molar-refractivity contribution in [3.8, 4) is 0 Å². The van der Waals surface area contributed by atoms with E-state index in [-0.39, 0.29) is 11.7 Å². The average Bonchev–Trinajstić information content (AvgIpc) is 3.26. The smallest absolute Gasteiger partial charge is 0.344 e. The highest BCUT2D eigenvalue weighted by Gasteiger charge is 2.48. The number of methoxy groups -OCH3 is 1. The van der Waals surface area contributed by atoms with Crippen molar-refractivity contribution in [2.75, 3.05) is 13.7 Å². The van der Waals surface area contributed by atoms with Crippen LogP contribution in [0.25, 0.3) is 0 Å². The van der Waals surface area contributed by atoms with Gasteiger partial charge in [-0.1, -0.05) is 30.3 Å². The van der Waals surface area contributed by atoms with E-state index in [2.05, 4.69) is 4.74 Å². The van der Waals surface area contributed by atoms with Crippen LogP contribution in [0.4, 0.5) is 0 Å². The third-order valence-electron chi connectivity index (χ3n) is 3.29. The van der Waals surface area contributed by atoms with E-state index in [1.807, 2.05) is 30.3 Å². The molecule has 20 heavy (non-hydrogen) atoms. The van der Waals surface area contributed by atoms with Gasteiger partial charge in [0.2, 0.25) is 0 Å². The second kappa shape index (κ2) is 6.32. The number of Topliss-reactive ketones (excluding diaryl/α,β-unsaturated/α-hetero) is 1. The molecule has 0 amide bonds. The molecule has 2 atom stereocenters. The van der Waals surface area contributed by atoms with E-state index in [1.54, 1.807) is 0 Å². The molecular weight excluding hydrogens is 260 g/mol. The molecule has 0 heterocycles. The molecule has 5 nitrogen and oxygen atoms in total. The normalized spacial score (nSPS) is 20.1. The molecule has 0 radical (unpaired) electrons. The van der Waals surface area contributed by atoms with Crippen LogP contribution in [0.15, 0.2) is 30.3 Å². The number of carbonyl (C=O) groups is 3. The molecule has 1 fully saturated rings. The molecule has 5 heteroatoms. The first kappa shape index (κ1) is 14.2. The third-order valence-corrected chi connectivity index (χ3v) is 3.29. The molecule has 1 aromatic rings. The number of ketones is 1. The molecule has 1 aliphatic carbocycles. The molecule has 0 unspecified atom stereocenters. The first-order valence-electron chi connectivity index (χ1n) is 6.42. The first-order chi connectivity index (χ1) is 9.61. The topological polar surface area (TPSA) is 69.7 Å². The molecule has 1 aromatic carbocycles. The zero-order chi connectivity index (χ0) is 14.5. The maximum atomic E-state index is 12.0. The predicted octanol–water partition coefficient (Wildman–Crippen LogP) is 1.15. The van der Waals surface area contributed by atoms with Crippen molar-refractivity contribution in [1.29, 1.82) is 0 Å². The summed E-state index contributed by atoms with van der Waals surface area (Å²) in [4.78, 5) is 34.4. The number of ether oxygens (including phenoxy) is 2. The number of benzene rings is 1. The number of rotatable bonds is 6. The Morgan fingerprint density at radius 1 is 1.15 bits per heavy atom. The lowest BCUT2D eigenvalue weighted by atomic mass is 10.1. The van der Waals surface area contributed by atoms with E-state index in [0.29, 0.717) is 12.8 Å². The van der Waals surface area contributed by atoms with Gasteiger partial charge in [-0.05, 0) is 12.0 Å². The molecule has 2 rings (SSSR count). The lowest BCUT2D eigenvalue weighted by Gasteiger charge is -2.03. The fourth-order valence-corrected chi connectivity index (χ4v) is 2.04. The summed E-state index contributed by atoms with van der Waals surface area (Å²) in [5.41, 5.74) is 0.936. The van der Waals surface area contributed by atoms with Gasteiger partial charge in [0.15, 0.2) is 6.61 Å². The van der Waals surface area contributed by atoms with Gasteiger partial charge in [-0.15, -0.1) is 0 Å². The van der Waals surface area contributed by atoms with Gasteiger partial charge in [0, 0.05) is 12.3 Å². The van der Waals surface area contributed by atoms with Crippen LogP contribution in [0.3, 0.4) is 0 Å². The molecular formula is C15H16O5. The highest BCUT2D eigenvalue weighted by molar-refractivity contribution is 5.93. The van der Waals surface area contributed by atoms with Crippen molar-refractivity contribution in [1.82, 2.24) is 0 Å². The number of carbonyl (C=O) groups excluding carboxylic acids is 3. The highest BCUT2D eigenvalue weighted by atomic mass is 16.6. The van der Waals surface area contributed by atoms with E-state index >= 15 is 0 Å². The minimum atomic E-state index is -0.605. The summed E-state index contributed by atoms with van der Waals surface area (Å²) in [5, 5.41) is 0. The van der Waals surface area contributed by atoms with Gasteiger partial charge < -0.3 is 9.47 Å². The van der Waals surface area contributed by atoms with Gasteiger partial charge in [-0.2, -0.15) is 0 Å². The zero-order valence-electron chi connectivity index (χ0n) is 11.2. The van der Waals surface area contributed by atoms with Gasteiger partial charge in [-0.25, -0.2) is 4.79 Å². The maximum Gasteiger partial charge on any atom is 0.344 e. The van der Waals surface area contributed by atoms with Gasteiger partial charge in [-0.3, -0.25) is 9.59 Å². The highest BCUT2D eigenvalue weighted by Crippen LogP contribution is 2.40. The van der Waals surface area contributed by atoms with E-state index in [1.165, 1.54) is 7.11 Å². The van der Waals surface area contributed by atoms with Crippen LogP contribution in [-0.2, 0) is 30.3 Å². The second-order valence-corrected chi connectivity index (χ2v) is 4.76. The standard InChI is InChI=1S/C15H16O5/c1-19-14(17)9-20-15(18)12-8-11(12)13(16)7-10-5-3-2-4-6-10/h2-6,11-12H,7-9H2,1H3/t11-,12-/m1/s1. The lowest BCUT2D eigenvalue weighted by Crippen LogP contribution is -2.18. The maximum absolute atomic E-state index is 12.0. The molecule has 1 saturated carbocycles.